The number of azo groups is 2. The first-order chi connectivity index (χ1) is 16.6. The Labute approximate surface area is 196 Å². The molecule has 34 heavy (non-hydrogen) atoms. The van der Waals surface area contributed by atoms with Gasteiger partial charge in [0.05, 0.1) is 27.3 Å². The molecule has 4 aromatic carbocycles. The Hall–Kier alpha value is -4.46. The Bertz CT molecular complexity index is 1230. The zero-order chi connectivity index (χ0) is 23.9. The number of phenolic OH excluding ortho intramolecular Hbond substituents is 2. The van der Waals surface area contributed by atoms with E-state index in [4.69, 9.17) is 9.47 Å². The highest BCUT2D eigenvalue weighted by molar-refractivity contribution is 6.05. The molecule has 0 spiro atoms. The van der Waals surface area contributed by atoms with Gasteiger partial charge in [0.2, 0.25) is 0 Å². The van der Waals surface area contributed by atoms with E-state index in [2.05, 4.69) is 20.5 Å². The molecule has 4 aromatic rings. The lowest BCUT2D eigenvalue weighted by Crippen LogP contribution is -1.85. The van der Waals surface area contributed by atoms with E-state index in [1.165, 1.54) is 0 Å². The van der Waals surface area contributed by atoms with Gasteiger partial charge in [-0.2, -0.15) is 20.5 Å². The first kappa shape index (κ1) is 22.7. The minimum absolute atomic E-state index is 0.177. The molecule has 0 saturated heterocycles. The van der Waals surface area contributed by atoms with Crippen LogP contribution in [-0.2, 0) is 13.1 Å². The molecule has 172 valence electrons. The van der Waals surface area contributed by atoms with Crippen molar-refractivity contribution < 1.29 is 19.7 Å². The number of rotatable bonds is 8. The van der Waals surface area contributed by atoms with Gasteiger partial charge in [0.25, 0.3) is 0 Å². The molecular formula is C26H24N4O4. The van der Waals surface area contributed by atoms with E-state index in [-0.39, 0.29) is 11.4 Å². The Morgan fingerprint density at radius 1 is 0.588 bits per heavy atom. The summed E-state index contributed by atoms with van der Waals surface area (Å²) < 4.78 is 10.3. The zero-order valence-corrected chi connectivity index (χ0v) is 18.8. The molecule has 0 aliphatic carbocycles. The van der Waals surface area contributed by atoms with Crippen molar-refractivity contribution in [3.8, 4) is 23.0 Å². The summed E-state index contributed by atoms with van der Waals surface area (Å²) in [5, 5.41) is 39.4. The standard InChI is InChI=1S/C26H24N4O4/c1-33-19-11-7-17(8-12-19)15-27-29-23-21-5-3-4-6-22(21)24(26(32)25(23)31)30-28-16-18-9-13-20(34-2)14-10-18/h3-14,31-32H,15-16H2,1-2H3. The van der Waals surface area contributed by atoms with Crippen molar-refractivity contribution in [2.75, 3.05) is 14.2 Å². The molecule has 4 rings (SSSR count). The molecule has 8 heteroatoms. The topological polar surface area (TPSA) is 108 Å². The van der Waals surface area contributed by atoms with E-state index in [1.807, 2.05) is 60.7 Å². The third kappa shape index (κ3) is 4.96. The van der Waals surface area contributed by atoms with Crippen LogP contribution in [0.4, 0.5) is 11.4 Å². The van der Waals surface area contributed by atoms with Crippen LogP contribution in [0.5, 0.6) is 23.0 Å². The molecule has 0 atom stereocenters. The van der Waals surface area contributed by atoms with Crippen molar-refractivity contribution in [1.82, 2.24) is 0 Å². The van der Waals surface area contributed by atoms with E-state index in [9.17, 15) is 10.2 Å². The van der Waals surface area contributed by atoms with Crippen molar-refractivity contribution in [1.29, 1.82) is 0 Å². The first-order valence-corrected chi connectivity index (χ1v) is 10.6. The molecular weight excluding hydrogens is 432 g/mol. The Morgan fingerprint density at radius 3 is 1.32 bits per heavy atom. The van der Waals surface area contributed by atoms with Crippen LogP contribution < -0.4 is 9.47 Å². The quantitative estimate of drug-likeness (QED) is 0.223. The predicted octanol–water partition coefficient (Wildman–Crippen LogP) is 6.84. The maximum Gasteiger partial charge on any atom is 0.188 e. The average molecular weight is 457 g/mol. The molecule has 8 nitrogen and oxygen atoms in total. The van der Waals surface area contributed by atoms with Crippen LogP contribution in [0.3, 0.4) is 0 Å². The lowest BCUT2D eigenvalue weighted by molar-refractivity contribution is 0.406. The number of nitrogens with zero attached hydrogens (tertiary/aromatic N) is 4. The fourth-order valence-electron chi connectivity index (χ4n) is 3.42. The Balaban J connectivity index is 1.60. The van der Waals surface area contributed by atoms with Crippen molar-refractivity contribution in [2.24, 2.45) is 20.5 Å². The van der Waals surface area contributed by atoms with Gasteiger partial charge in [0.1, 0.15) is 22.9 Å². The number of fused-ring (bicyclic) bond motifs is 1. The summed E-state index contributed by atoms with van der Waals surface area (Å²) >= 11 is 0. The van der Waals surface area contributed by atoms with E-state index in [1.54, 1.807) is 26.4 Å². The number of hydrogen-bond donors (Lipinski definition) is 2. The Morgan fingerprint density at radius 2 is 0.971 bits per heavy atom. The molecule has 2 N–H and O–H groups in total. The number of hydrogen-bond acceptors (Lipinski definition) is 8. The molecule has 0 aliphatic heterocycles. The summed E-state index contributed by atoms with van der Waals surface area (Å²) in [5.74, 6) is 0.725. The second-order valence-electron chi connectivity index (χ2n) is 7.44. The minimum atomic E-state index is -0.393. The van der Waals surface area contributed by atoms with Gasteiger partial charge in [-0.3, -0.25) is 0 Å². The van der Waals surface area contributed by atoms with Crippen LogP contribution >= 0.6 is 0 Å². The summed E-state index contributed by atoms with van der Waals surface area (Å²) in [7, 11) is 3.22. The maximum absolute atomic E-state index is 10.7. The number of benzene rings is 4. The van der Waals surface area contributed by atoms with Crippen LogP contribution in [0.25, 0.3) is 10.8 Å². The van der Waals surface area contributed by atoms with Crippen LogP contribution in [0.2, 0.25) is 0 Å². The summed E-state index contributed by atoms with van der Waals surface area (Å²) in [6, 6.07) is 22.1. The number of phenols is 2. The molecule has 0 heterocycles. The van der Waals surface area contributed by atoms with Crippen molar-refractivity contribution >= 4 is 22.1 Å². The second kappa shape index (κ2) is 10.4. The SMILES string of the molecule is COc1ccc(CN=Nc2c(O)c(O)c(N=NCc3ccc(OC)cc3)c3ccccc23)cc1. The maximum atomic E-state index is 10.7. The van der Waals surface area contributed by atoms with Gasteiger partial charge in [0.15, 0.2) is 11.5 Å². The van der Waals surface area contributed by atoms with Crippen LogP contribution in [0.1, 0.15) is 11.1 Å². The first-order valence-electron chi connectivity index (χ1n) is 10.6. The van der Waals surface area contributed by atoms with Gasteiger partial charge in [-0.15, -0.1) is 0 Å². The van der Waals surface area contributed by atoms with Crippen molar-refractivity contribution in [2.45, 2.75) is 13.1 Å². The van der Waals surface area contributed by atoms with Crippen LogP contribution in [0, 0.1) is 0 Å². The zero-order valence-electron chi connectivity index (χ0n) is 18.8. The summed E-state index contributed by atoms with van der Waals surface area (Å²) in [4.78, 5) is 0. The lowest BCUT2D eigenvalue weighted by atomic mass is 10.1. The summed E-state index contributed by atoms with van der Waals surface area (Å²) in [6.45, 7) is 0.615. The molecule has 0 bridgehead atoms. The normalized spacial score (nSPS) is 11.5. The summed E-state index contributed by atoms with van der Waals surface area (Å²) in [5.41, 5.74) is 2.22. The van der Waals surface area contributed by atoms with E-state index in [0.717, 1.165) is 22.6 Å². The lowest BCUT2D eigenvalue weighted by Gasteiger charge is -2.10. The van der Waals surface area contributed by atoms with Gasteiger partial charge in [-0.1, -0.05) is 48.5 Å². The molecule has 0 aromatic heterocycles. The van der Waals surface area contributed by atoms with Gasteiger partial charge >= 0.3 is 0 Å². The number of ether oxygens (including phenoxy) is 2. The number of methoxy groups -OCH3 is 2. The highest BCUT2D eigenvalue weighted by Gasteiger charge is 2.18. The highest BCUT2D eigenvalue weighted by atomic mass is 16.5. The van der Waals surface area contributed by atoms with E-state index >= 15 is 0 Å². The molecule has 0 radical (unpaired) electrons. The predicted molar refractivity (Wildman–Crippen MR) is 130 cm³/mol. The third-order valence-electron chi connectivity index (χ3n) is 5.28. The second-order valence-corrected chi connectivity index (χ2v) is 7.44. The van der Waals surface area contributed by atoms with Gasteiger partial charge in [0, 0.05) is 10.8 Å². The van der Waals surface area contributed by atoms with Gasteiger partial charge < -0.3 is 19.7 Å². The van der Waals surface area contributed by atoms with Gasteiger partial charge in [-0.05, 0) is 35.4 Å². The van der Waals surface area contributed by atoms with Crippen molar-refractivity contribution in [3.63, 3.8) is 0 Å². The van der Waals surface area contributed by atoms with Crippen molar-refractivity contribution in [3.05, 3.63) is 83.9 Å². The molecule has 0 aliphatic rings. The Kier molecular flexibility index (Phi) is 6.98. The molecule has 0 saturated carbocycles. The average Bonchev–Trinajstić information content (AvgIpc) is 2.89. The molecule has 0 amide bonds. The number of aromatic hydroxyl groups is 2. The highest BCUT2D eigenvalue weighted by Crippen LogP contribution is 2.49. The monoisotopic (exact) mass is 456 g/mol. The fourth-order valence-corrected chi connectivity index (χ4v) is 3.42. The largest absolute Gasteiger partial charge is 0.503 e. The van der Waals surface area contributed by atoms with E-state index < -0.39 is 11.5 Å². The third-order valence-corrected chi connectivity index (χ3v) is 5.28. The minimum Gasteiger partial charge on any atom is -0.503 e. The fraction of sp³-hybridized carbons (Fsp3) is 0.154. The van der Waals surface area contributed by atoms with Crippen LogP contribution in [0.15, 0.2) is 93.3 Å². The summed E-state index contributed by atoms with van der Waals surface area (Å²) in [6.07, 6.45) is 0. The van der Waals surface area contributed by atoms with E-state index in [0.29, 0.717) is 23.9 Å². The van der Waals surface area contributed by atoms with Gasteiger partial charge in [-0.25, -0.2) is 0 Å². The molecule has 0 unspecified atom stereocenters. The molecule has 0 fully saturated rings. The van der Waals surface area contributed by atoms with Crippen LogP contribution in [-0.4, -0.2) is 24.4 Å². The smallest absolute Gasteiger partial charge is 0.188 e.